The maximum atomic E-state index is 12.5. The van der Waals surface area contributed by atoms with Crippen molar-refractivity contribution in [3.05, 3.63) is 65.9 Å². The number of nitrogens with zero attached hydrogens (tertiary/aromatic N) is 1. The van der Waals surface area contributed by atoms with Crippen LogP contribution in [0.25, 0.3) is 10.9 Å². The Kier molecular flexibility index (Phi) is 5.46. The van der Waals surface area contributed by atoms with Gasteiger partial charge in [0.2, 0.25) is 0 Å². The maximum absolute atomic E-state index is 12.5. The third-order valence-corrected chi connectivity index (χ3v) is 5.73. The molecule has 29 heavy (non-hydrogen) atoms. The number of carbonyl (C=O) groups is 1. The van der Waals surface area contributed by atoms with Gasteiger partial charge >= 0.3 is 0 Å². The van der Waals surface area contributed by atoms with Gasteiger partial charge in [-0.3, -0.25) is 4.79 Å². The number of aromatic nitrogens is 1. The predicted molar refractivity (Wildman–Crippen MR) is 121 cm³/mol. The van der Waals surface area contributed by atoms with Gasteiger partial charge in [-0.2, -0.15) is 0 Å². The molecule has 2 N–H and O–H groups in total. The van der Waals surface area contributed by atoms with Gasteiger partial charge in [0.1, 0.15) is 0 Å². The van der Waals surface area contributed by atoms with Crippen LogP contribution in [0.1, 0.15) is 55.5 Å². The number of benzene rings is 2. The van der Waals surface area contributed by atoms with E-state index < -0.39 is 0 Å². The van der Waals surface area contributed by atoms with E-state index in [1.165, 1.54) is 23.8 Å². The van der Waals surface area contributed by atoms with Gasteiger partial charge in [-0.05, 0) is 73.2 Å². The largest absolute Gasteiger partial charge is 0.361 e. The number of piperidine rings is 1. The molecule has 0 saturated carbocycles. The molecule has 1 amide bonds. The summed E-state index contributed by atoms with van der Waals surface area (Å²) in [7, 11) is 0. The Labute approximate surface area is 173 Å². The van der Waals surface area contributed by atoms with Crippen LogP contribution < -0.4 is 5.32 Å². The van der Waals surface area contributed by atoms with Gasteiger partial charge < -0.3 is 15.2 Å². The van der Waals surface area contributed by atoms with E-state index in [0.717, 1.165) is 30.8 Å². The van der Waals surface area contributed by atoms with Crippen LogP contribution in [-0.2, 0) is 0 Å². The molecule has 2 aromatic carbocycles. The lowest BCUT2D eigenvalue weighted by molar-refractivity contribution is 0.102. The summed E-state index contributed by atoms with van der Waals surface area (Å²) in [4.78, 5) is 18.5. The van der Waals surface area contributed by atoms with Crippen molar-refractivity contribution in [2.75, 3.05) is 25.0 Å². The molecule has 4 rings (SSSR count). The summed E-state index contributed by atoms with van der Waals surface area (Å²) < 4.78 is 0. The topological polar surface area (TPSA) is 48.1 Å². The Bertz CT molecular complexity index is 976. The van der Waals surface area contributed by atoms with E-state index in [4.69, 9.17) is 0 Å². The van der Waals surface area contributed by atoms with E-state index in [-0.39, 0.29) is 5.91 Å². The van der Waals surface area contributed by atoms with E-state index in [2.05, 4.69) is 54.3 Å². The van der Waals surface area contributed by atoms with Crippen molar-refractivity contribution in [2.24, 2.45) is 5.41 Å². The fourth-order valence-electron chi connectivity index (χ4n) is 4.42. The highest BCUT2D eigenvalue weighted by Gasteiger charge is 2.25. The van der Waals surface area contributed by atoms with Crippen molar-refractivity contribution < 1.29 is 4.79 Å². The summed E-state index contributed by atoms with van der Waals surface area (Å²) in [5.74, 6) is 0.498. The summed E-state index contributed by atoms with van der Waals surface area (Å²) in [6.07, 6.45) is 4.53. The van der Waals surface area contributed by atoms with Crippen LogP contribution in [0.4, 0.5) is 5.69 Å². The Morgan fingerprint density at radius 1 is 1.10 bits per heavy atom. The second-order valence-electron chi connectivity index (χ2n) is 9.44. The minimum absolute atomic E-state index is 0.0717. The van der Waals surface area contributed by atoms with E-state index in [9.17, 15) is 4.79 Å². The van der Waals surface area contributed by atoms with Crippen molar-refractivity contribution in [1.29, 1.82) is 0 Å². The molecule has 152 valence electrons. The van der Waals surface area contributed by atoms with Crippen molar-refractivity contribution in [2.45, 2.75) is 39.5 Å². The van der Waals surface area contributed by atoms with Gasteiger partial charge in [-0.1, -0.05) is 39.0 Å². The molecule has 2 heterocycles. The summed E-state index contributed by atoms with van der Waals surface area (Å²) in [5, 5.41) is 4.27. The molecule has 4 heteroatoms. The lowest BCUT2D eigenvalue weighted by atomic mass is 9.87. The smallest absolute Gasteiger partial charge is 0.255 e. The molecule has 1 fully saturated rings. The average molecular weight is 390 g/mol. The van der Waals surface area contributed by atoms with Crippen molar-refractivity contribution in [3.8, 4) is 0 Å². The SMILES string of the molecule is CC(C)(C)CN1CCC(c2c[nH]c3ccc(NC(=O)c4ccccc4)cc23)CC1. The van der Waals surface area contributed by atoms with Gasteiger partial charge in [0.25, 0.3) is 5.91 Å². The molecule has 0 radical (unpaired) electrons. The lowest BCUT2D eigenvalue weighted by Gasteiger charge is -2.36. The number of hydrogen-bond donors (Lipinski definition) is 2. The number of aromatic amines is 1. The Morgan fingerprint density at radius 2 is 1.83 bits per heavy atom. The molecule has 1 aromatic heterocycles. The molecule has 0 spiro atoms. The van der Waals surface area contributed by atoms with Gasteiger partial charge in [0.15, 0.2) is 0 Å². The van der Waals surface area contributed by atoms with Crippen LogP contribution in [0.3, 0.4) is 0 Å². The summed E-state index contributed by atoms with van der Waals surface area (Å²) in [6, 6.07) is 15.5. The zero-order chi connectivity index (χ0) is 20.4. The highest BCUT2D eigenvalue weighted by atomic mass is 16.1. The normalized spacial score (nSPS) is 16.2. The number of hydrogen-bond acceptors (Lipinski definition) is 2. The zero-order valence-corrected chi connectivity index (χ0v) is 17.7. The summed E-state index contributed by atoms with van der Waals surface area (Å²) in [6.45, 7) is 10.4. The van der Waals surface area contributed by atoms with Crippen molar-refractivity contribution >= 4 is 22.5 Å². The van der Waals surface area contributed by atoms with Crippen LogP contribution in [0.2, 0.25) is 0 Å². The molecule has 1 saturated heterocycles. The van der Waals surface area contributed by atoms with Crippen LogP contribution in [0.15, 0.2) is 54.7 Å². The van der Waals surface area contributed by atoms with E-state index in [1.54, 1.807) is 0 Å². The first kappa shape index (κ1) is 19.7. The highest BCUT2D eigenvalue weighted by molar-refractivity contribution is 6.05. The number of H-pyrrole nitrogens is 1. The number of carbonyl (C=O) groups excluding carboxylic acids is 1. The lowest BCUT2D eigenvalue weighted by Crippen LogP contribution is -2.38. The number of rotatable bonds is 4. The zero-order valence-electron chi connectivity index (χ0n) is 17.7. The van der Waals surface area contributed by atoms with Crippen molar-refractivity contribution in [1.82, 2.24) is 9.88 Å². The van der Waals surface area contributed by atoms with Crippen LogP contribution >= 0.6 is 0 Å². The number of amides is 1. The number of fused-ring (bicyclic) bond motifs is 1. The Hall–Kier alpha value is -2.59. The van der Waals surface area contributed by atoms with E-state index in [0.29, 0.717) is 16.9 Å². The van der Waals surface area contributed by atoms with Crippen molar-refractivity contribution in [3.63, 3.8) is 0 Å². The van der Waals surface area contributed by atoms with E-state index >= 15 is 0 Å². The molecule has 4 nitrogen and oxygen atoms in total. The van der Waals surface area contributed by atoms with Gasteiger partial charge in [-0.25, -0.2) is 0 Å². The molecule has 1 aliphatic rings. The first-order chi connectivity index (χ1) is 13.9. The molecule has 0 bridgehead atoms. The van der Waals surface area contributed by atoms with Crippen LogP contribution in [0.5, 0.6) is 0 Å². The second-order valence-corrected chi connectivity index (χ2v) is 9.44. The first-order valence-corrected chi connectivity index (χ1v) is 10.6. The monoisotopic (exact) mass is 389 g/mol. The second kappa shape index (κ2) is 8.03. The number of nitrogens with one attached hydrogen (secondary N) is 2. The van der Waals surface area contributed by atoms with Crippen LogP contribution in [-0.4, -0.2) is 35.4 Å². The number of likely N-dealkylation sites (tertiary alicyclic amines) is 1. The minimum atomic E-state index is -0.0717. The van der Waals surface area contributed by atoms with Gasteiger partial charge in [0.05, 0.1) is 0 Å². The van der Waals surface area contributed by atoms with Gasteiger partial charge in [-0.15, -0.1) is 0 Å². The Morgan fingerprint density at radius 3 is 2.52 bits per heavy atom. The molecule has 0 unspecified atom stereocenters. The molecule has 0 atom stereocenters. The van der Waals surface area contributed by atoms with Gasteiger partial charge in [0, 0.05) is 34.9 Å². The first-order valence-electron chi connectivity index (χ1n) is 10.6. The average Bonchev–Trinajstić information content (AvgIpc) is 3.11. The molecule has 3 aromatic rings. The summed E-state index contributed by atoms with van der Waals surface area (Å²) >= 11 is 0. The fourth-order valence-corrected chi connectivity index (χ4v) is 4.42. The minimum Gasteiger partial charge on any atom is -0.361 e. The highest BCUT2D eigenvalue weighted by Crippen LogP contribution is 2.35. The van der Waals surface area contributed by atoms with Crippen LogP contribution in [0, 0.1) is 5.41 Å². The molecular formula is C25H31N3O. The standard InChI is InChI=1S/C25H31N3O/c1-25(2,3)17-28-13-11-18(12-14-28)22-16-26-23-10-9-20(15-21(22)23)27-24(29)19-7-5-4-6-8-19/h4-10,15-16,18,26H,11-14,17H2,1-3H3,(H,27,29). The third-order valence-electron chi connectivity index (χ3n) is 5.73. The Balaban J connectivity index is 1.49. The maximum Gasteiger partial charge on any atom is 0.255 e. The third kappa shape index (κ3) is 4.70. The number of anilines is 1. The van der Waals surface area contributed by atoms with E-state index in [1.807, 2.05) is 36.4 Å². The summed E-state index contributed by atoms with van der Waals surface area (Å²) in [5.41, 5.74) is 4.38. The molecule has 1 aliphatic heterocycles. The predicted octanol–water partition coefficient (Wildman–Crippen LogP) is 5.65. The fraction of sp³-hybridized carbons (Fsp3) is 0.400. The quantitative estimate of drug-likeness (QED) is 0.606. The molecular weight excluding hydrogens is 358 g/mol. The molecule has 0 aliphatic carbocycles.